The summed E-state index contributed by atoms with van der Waals surface area (Å²) in [5.41, 5.74) is 0. The van der Waals surface area contributed by atoms with Crippen LogP contribution in [0.15, 0.2) is 24.3 Å². The van der Waals surface area contributed by atoms with Crippen molar-refractivity contribution in [3.8, 4) is 0 Å². The summed E-state index contributed by atoms with van der Waals surface area (Å²) in [5, 5.41) is 0. The Hall–Kier alpha value is -0.520. The second kappa shape index (κ2) is 12.2. The molecule has 0 amide bonds. The Kier molecular flexibility index (Phi) is 9.69. The lowest BCUT2D eigenvalue weighted by atomic mass is 9.68. The van der Waals surface area contributed by atoms with Crippen molar-refractivity contribution in [3.63, 3.8) is 0 Å². The van der Waals surface area contributed by atoms with Crippen molar-refractivity contribution in [1.29, 1.82) is 0 Å². The summed E-state index contributed by atoms with van der Waals surface area (Å²) in [6.45, 7) is 4.53. The van der Waals surface area contributed by atoms with Gasteiger partial charge in [0, 0.05) is 0 Å². The molecule has 3 aliphatic carbocycles. The van der Waals surface area contributed by atoms with E-state index in [2.05, 4.69) is 38.2 Å². The molecule has 3 aliphatic rings. The second-order valence-corrected chi connectivity index (χ2v) is 10.6. The summed E-state index contributed by atoms with van der Waals surface area (Å²) in [6.07, 6.45) is 33.5. The van der Waals surface area contributed by atoms with Crippen LogP contribution in [-0.4, -0.2) is 0 Å². The highest BCUT2D eigenvalue weighted by Gasteiger charge is 2.30. The maximum atomic E-state index is 2.61. The minimum atomic E-state index is 0.883. The number of allylic oxidation sites excluding steroid dienone is 4. The molecule has 0 nitrogen and oxygen atoms in total. The first-order valence-corrected chi connectivity index (χ1v) is 13.1. The van der Waals surface area contributed by atoms with Crippen LogP contribution < -0.4 is 0 Å². The van der Waals surface area contributed by atoms with Gasteiger partial charge in [-0.2, -0.15) is 0 Å². The molecule has 3 saturated carbocycles. The van der Waals surface area contributed by atoms with E-state index in [-0.39, 0.29) is 0 Å². The smallest absolute Gasteiger partial charge is 0.0233 e. The van der Waals surface area contributed by atoms with E-state index < -0.39 is 0 Å². The Labute approximate surface area is 176 Å². The van der Waals surface area contributed by atoms with Gasteiger partial charge in [0.05, 0.1) is 0 Å². The highest BCUT2D eigenvalue weighted by molar-refractivity contribution is 4.94. The molecule has 0 radical (unpaired) electrons. The molecule has 0 heterocycles. The van der Waals surface area contributed by atoms with Crippen LogP contribution in [0.5, 0.6) is 0 Å². The van der Waals surface area contributed by atoms with Crippen LogP contribution in [0.3, 0.4) is 0 Å². The molecule has 0 unspecified atom stereocenters. The van der Waals surface area contributed by atoms with Crippen LogP contribution >= 0.6 is 0 Å². The fourth-order valence-corrected chi connectivity index (χ4v) is 6.73. The predicted molar refractivity (Wildman–Crippen MR) is 124 cm³/mol. The average Bonchev–Trinajstić information content (AvgIpc) is 2.74. The molecule has 0 aromatic heterocycles. The summed E-state index contributed by atoms with van der Waals surface area (Å²) in [7, 11) is 0. The predicted octanol–water partition coefficient (Wildman–Crippen LogP) is 9.12. The van der Waals surface area contributed by atoms with Gasteiger partial charge in [0.2, 0.25) is 0 Å². The SMILES string of the molecule is C/C=C/C1CCC(CC/C=C/C2CCC(C3CCC(CCC)CC3)CC2)CC1. The standard InChI is InChI=1S/C28H48/c1-3-7-23-11-13-25(14-12-23)9-5-6-10-26-17-21-28(22-18-26)27-19-15-24(8-4-2)16-20-27/h3,6-7,10,23-28H,4-5,8-9,11-22H2,1-2H3/b7-3+,10-6+. The van der Waals surface area contributed by atoms with E-state index in [1.165, 1.54) is 89.9 Å². The Morgan fingerprint density at radius 3 is 1.71 bits per heavy atom. The zero-order chi connectivity index (χ0) is 19.6. The summed E-state index contributed by atoms with van der Waals surface area (Å²) in [5.74, 6) is 6.01. The van der Waals surface area contributed by atoms with E-state index in [4.69, 9.17) is 0 Å². The summed E-state index contributed by atoms with van der Waals surface area (Å²) >= 11 is 0. The second-order valence-electron chi connectivity index (χ2n) is 10.6. The summed E-state index contributed by atoms with van der Waals surface area (Å²) < 4.78 is 0. The molecule has 0 saturated heterocycles. The van der Waals surface area contributed by atoms with Crippen LogP contribution in [0.25, 0.3) is 0 Å². The molecule has 0 spiro atoms. The van der Waals surface area contributed by atoms with Gasteiger partial charge in [-0.1, -0.05) is 56.9 Å². The van der Waals surface area contributed by atoms with E-state index >= 15 is 0 Å². The van der Waals surface area contributed by atoms with Gasteiger partial charge in [-0.15, -0.1) is 0 Å². The van der Waals surface area contributed by atoms with Crippen LogP contribution in [0.2, 0.25) is 0 Å². The zero-order valence-electron chi connectivity index (χ0n) is 19.1. The molecule has 0 atom stereocenters. The Morgan fingerprint density at radius 1 is 0.607 bits per heavy atom. The van der Waals surface area contributed by atoms with Gasteiger partial charge in [-0.25, -0.2) is 0 Å². The highest BCUT2D eigenvalue weighted by atomic mass is 14.4. The first-order chi connectivity index (χ1) is 13.8. The van der Waals surface area contributed by atoms with E-state index in [1.807, 2.05) is 0 Å². The Morgan fingerprint density at radius 2 is 1.11 bits per heavy atom. The van der Waals surface area contributed by atoms with Crippen molar-refractivity contribution in [2.24, 2.45) is 35.5 Å². The first-order valence-electron chi connectivity index (χ1n) is 13.1. The van der Waals surface area contributed by atoms with Gasteiger partial charge in [0.25, 0.3) is 0 Å². The quantitative estimate of drug-likeness (QED) is 0.366. The van der Waals surface area contributed by atoms with Gasteiger partial charge in [-0.05, 0) is 119 Å². The first kappa shape index (κ1) is 22.2. The molecular formula is C28H48. The van der Waals surface area contributed by atoms with Crippen molar-refractivity contribution in [2.75, 3.05) is 0 Å². The minimum Gasteiger partial charge on any atom is -0.0914 e. The topological polar surface area (TPSA) is 0 Å². The lowest BCUT2D eigenvalue weighted by Gasteiger charge is -2.37. The zero-order valence-corrected chi connectivity index (χ0v) is 19.1. The van der Waals surface area contributed by atoms with Crippen molar-refractivity contribution in [1.82, 2.24) is 0 Å². The van der Waals surface area contributed by atoms with Crippen molar-refractivity contribution < 1.29 is 0 Å². The number of rotatable bonds is 8. The van der Waals surface area contributed by atoms with Gasteiger partial charge in [0.15, 0.2) is 0 Å². The largest absolute Gasteiger partial charge is 0.0914 e. The molecular weight excluding hydrogens is 336 g/mol. The third-order valence-corrected chi connectivity index (χ3v) is 8.58. The molecule has 0 heteroatoms. The van der Waals surface area contributed by atoms with Crippen LogP contribution in [0.1, 0.15) is 117 Å². The Balaban J connectivity index is 1.26. The van der Waals surface area contributed by atoms with Gasteiger partial charge in [-0.3, -0.25) is 0 Å². The van der Waals surface area contributed by atoms with Gasteiger partial charge >= 0.3 is 0 Å². The molecule has 160 valence electrons. The lowest BCUT2D eigenvalue weighted by molar-refractivity contribution is 0.152. The monoisotopic (exact) mass is 384 g/mol. The summed E-state index contributed by atoms with van der Waals surface area (Å²) in [6, 6.07) is 0. The average molecular weight is 385 g/mol. The van der Waals surface area contributed by atoms with Crippen LogP contribution in [-0.2, 0) is 0 Å². The molecule has 0 bridgehead atoms. The molecule has 0 aromatic carbocycles. The van der Waals surface area contributed by atoms with Crippen molar-refractivity contribution >= 4 is 0 Å². The van der Waals surface area contributed by atoms with Crippen molar-refractivity contribution in [3.05, 3.63) is 24.3 Å². The van der Waals surface area contributed by atoms with Crippen LogP contribution in [0.4, 0.5) is 0 Å². The highest BCUT2D eigenvalue weighted by Crippen LogP contribution is 2.42. The number of hydrogen-bond donors (Lipinski definition) is 0. The number of hydrogen-bond acceptors (Lipinski definition) is 0. The van der Waals surface area contributed by atoms with Crippen LogP contribution in [0, 0.1) is 35.5 Å². The summed E-state index contributed by atoms with van der Waals surface area (Å²) in [4.78, 5) is 0. The molecule has 3 rings (SSSR count). The maximum absolute atomic E-state index is 2.61. The molecule has 28 heavy (non-hydrogen) atoms. The third-order valence-electron chi connectivity index (χ3n) is 8.58. The van der Waals surface area contributed by atoms with Gasteiger partial charge < -0.3 is 0 Å². The fourth-order valence-electron chi connectivity index (χ4n) is 6.73. The molecule has 0 aromatic rings. The molecule has 3 fully saturated rings. The van der Waals surface area contributed by atoms with E-state index in [0.29, 0.717) is 0 Å². The van der Waals surface area contributed by atoms with Gasteiger partial charge in [0.1, 0.15) is 0 Å². The Bertz CT molecular complexity index is 448. The third kappa shape index (κ3) is 7.07. The van der Waals surface area contributed by atoms with E-state index in [9.17, 15) is 0 Å². The normalized spacial score (nSPS) is 37.6. The molecule has 0 aliphatic heterocycles. The minimum absolute atomic E-state index is 0.883. The maximum Gasteiger partial charge on any atom is -0.0233 e. The van der Waals surface area contributed by atoms with E-state index in [0.717, 1.165) is 35.5 Å². The van der Waals surface area contributed by atoms with E-state index in [1.54, 1.807) is 12.8 Å². The van der Waals surface area contributed by atoms with Crippen molar-refractivity contribution in [2.45, 2.75) is 117 Å². The fraction of sp³-hybridized carbons (Fsp3) is 0.857. The lowest BCUT2D eigenvalue weighted by Crippen LogP contribution is -2.25. The molecule has 0 N–H and O–H groups in total.